The van der Waals surface area contributed by atoms with Gasteiger partial charge in [0.1, 0.15) is 0 Å². The Kier molecular flexibility index (Phi) is 224. The van der Waals surface area contributed by atoms with Gasteiger partial charge in [0.15, 0.2) is 0 Å². The van der Waals surface area contributed by atoms with Crippen LogP contribution in [0.2, 0.25) is 0 Å². The van der Waals surface area contributed by atoms with E-state index in [1.165, 1.54) is 0 Å². The van der Waals surface area contributed by atoms with E-state index >= 15 is 0 Å². The SMILES string of the molecule is [LiH].[Mn].[Ni].[O]=[Ni]. The van der Waals surface area contributed by atoms with Crippen LogP contribution in [0.25, 0.3) is 0 Å². The van der Waals surface area contributed by atoms with Crippen molar-refractivity contribution in [3.8, 4) is 0 Å². The van der Waals surface area contributed by atoms with Gasteiger partial charge in [-0.2, -0.15) is 0 Å². The van der Waals surface area contributed by atoms with E-state index in [2.05, 4.69) is 15.4 Å². The van der Waals surface area contributed by atoms with E-state index < -0.39 is 0 Å². The summed E-state index contributed by atoms with van der Waals surface area (Å²) >= 11 is 2.62. The molecule has 0 saturated carbocycles. The van der Waals surface area contributed by atoms with Gasteiger partial charge in [0.25, 0.3) is 0 Å². The van der Waals surface area contributed by atoms with Crippen LogP contribution >= 0.6 is 0 Å². The van der Waals surface area contributed by atoms with E-state index in [9.17, 15) is 0 Å². The normalized spacial score (nSPS) is 1.20. The van der Waals surface area contributed by atoms with Crippen LogP contribution in [0.4, 0.5) is 0 Å². The van der Waals surface area contributed by atoms with E-state index in [4.69, 9.17) is 3.90 Å². The molecule has 35 valence electrons. The molecule has 0 aromatic heterocycles. The van der Waals surface area contributed by atoms with Crippen molar-refractivity contribution in [1.29, 1.82) is 0 Å². The minimum atomic E-state index is 0. The summed E-state index contributed by atoms with van der Waals surface area (Å²) < 4.78 is 7.88. The van der Waals surface area contributed by atoms with Gasteiger partial charge < -0.3 is 0 Å². The average molecular weight is 196 g/mol. The molecule has 0 N–H and O–H groups in total. The summed E-state index contributed by atoms with van der Waals surface area (Å²) in [6.07, 6.45) is 0. The Bertz CT molecular complexity index is 9.61. The Balaban J connectivity index is -0.00000000167. The van der Waals surface area contributed by atoms with Gasteiger partial charge in [-0.05, 0) is 0 Å². The van der Waals surface area contributed by atoms with Gasteiger partial charge >= 0.3 is 38.1 Å². The monoisotopic (exact) mass is 195 g/mol. The molecule has 0 bridgehead atoms. The third kappa shape index (κ3) is 24.8. The van der Waals surface area contributed by atoms with Gasteiger partial charge in [-0.25, -0.2) is 0 Å². The van der Waals surface area contributed by atoms with Gasteiger partial charge in [-0.1, -0.05) is 0 Å². The number of hydrogen-bond donors (Lipinski definition) is 0. The van der Waals surface area contributed by atoms with Crippen molar-refractivity contribution < 1.29 is 52.8 Å². The van der Waals surface area contributed by atoms with Crippen LogP contribution < -0.4 is 0 Å². The molecule has 5 heteroatoms. The second-order valence-electron chi connectivity index (χ2n) is 0. The van der Waals surface area contributed by atoms with E-state index in [1.54, 1.807) is 0 Å². The van der Waals surface area contributed by atoms with Crippen molar-refractivity contribution in [2.45, 2.75) is 0 Å². The molecule has 5 heavy (non-hydrogen) atoms. The van der Waals surface area contributed by atoms with E-state index in [-0.39, 0.29) is 52.4 Å². The van der Waals surface area contributed by atoms with Crippen LogP contribution in [0.1, 0.15) is 0 Å². The first-order chi connectivity index (χ1) is 1.00. The third-order valence-corrected chi connectivity index (χ3v) is 0. The first-order valence-corrected chi connectivity index (χ1v) is 0.532. The molecule has 0 aliphatic heterocycles. The number of rotatable bonds is 0. The van der Waals surface area contributed by atoms with E-state index in [0.29, 0.717) is 0 Å². The van der Waals surface area contributed by atoms with Crippen LogP contribution in [-0.4, -0.2) is 18.9 Å². The Morgan fingerprint density at radius 1 is 1.20 bits per heavy atom. The molecule has 0 rings (SSSR count). The summed E-state index contributed by atoms with van der Waals surface area (Å²) in [5, 5.41) is 0. The minimum absolute atomic E-state index is 0. The van der Waals surface area contributed by atoms with Crippen LogP contribution in [0.15, 0.2) is 0 Å². The summed E-state index contributed by atoms with van der Waals surface area (Å²) in [5.41, 5.74) is 0. The second kappa shape index (κ2) is 39.2. The van der Waals surface area contributed by atoms with Gasteiger partial charge in [-0.15, -0.1) is 0 Å². The van der Waals surface area contributed by atoms with E-state index in [0.717, 1.165) is 0 Å². The van der Waals surface area contributed by atoms with Gasteiger partial charge in [0.05, 0.1) is 0 Å². The standard InChI is InChI=1S/Li.Mn.2Ni.O.H. The topological polar surface area (TPSA) is 17.1 Å². The molecule has 0 aliphatic carbocycles. The van der Waals surface area contributed by atoms with Crippen LogP contribution in [0.3, 0.4) is 0 Å². The van der Waals surface area contributed by atoms with Crippen LogP contribution in [-0.2, 0) is 52.8 Å². The molecule has 0 spiro atoms. The van der Waals surface area contributed by atoms with Gasteiger partial charge in [0, 0.05) is 33.6 Å². The summed E-state index contributed by atoms with van der Waals surface area (Å²) in [6, 6.07) is 0. The molecule has 0 saturated heterocycles. The molecule has 0 fully saturated rings. The molecule has 0 aliphatic rings. The molecular weight excluding hydrogens is 195 g/mol. The zero-order chi connectivity index (χ0) is 2.00. The Morgan fingerprint density at radius 2 is 1.20 bits per heavy atom. The van der Waals surface area contributed by atoms with Crippen molar-refractivity contribution >= 4 is 18.9 Å². The van der Waals surface area contributed by atoms with Crippen molar-refractivity contribution in [3.63, 3.8) is 0 Å². The average Bonchev–Trinajstić information content (AvgIpc) is 1.00. The molecule has 1 nitrogen and oxygen atoms in total. The molecule has 0 aromatic carbocycles. The molecule has 0 unspecified atom stereocenters. The first kappa shape index (κ1) is 28.5. The zero-order valence-electron chi connectivity index (χ0n) is 1.42. The van der Waals surface area contributed by atoms with Crippen molar-refractivity contribution in [1.82, 2.24) is 0 Å². The zero-order valence-corrected chi connectivity index (χ0v) is 4.57. The summed E-state index contributed by atoms with van der Waals surface area (Å²) in [5.74, 6) is 0. The fourth-order valence-electron chi connectivity index (χ4n) is 0. The summed E-state index contributed by atoms with van der Waals surface area (Å²) in [6.45, 7) is 0. The molecule has 0 aromatic rings. The van der Waals surface area contributed by atoms with E-state index in [1.807, 2.05) is 0 Å². The first-order valence-electron chi connectivity index (χ1n) is 0.129. The van der Waals surface area contributed by atoms with Crippen molar-refractivity contribution in [3.05, 3.63) is 0 Å². The van der Waals surface area contributed by atoms with Crippen molar-refractivity contribution in [2.75, 3.05) is 0 Å². The molecule has 0 amide bonds. The predicted octanol–water partition coefficient (Wildman–Crippen LogP) is -0.775. The quantitative estimate of drug-likeness (QED) is 0.465. The Labute approximate surface area is 71.2 Å². The molecular formula is HLiMnNi2O. The van der Waals surface area contributed by atoms with Crippen LogP contribution in [0.5, 0.6) is 0 Å². The van der Waals surface area contributed by atoms with Crippen molar-refractivity contribution in [2.24, 2.45) is 0 Å². The number of hydrogen-bond acceptors (Lipinski definition) is 1. The Morgan fingerprint density at radius 3 is 1.20 bits per heavy atom. The molecule has 0 heterocycles. The maximum atomic E-state index is 7.88. The summed E-state index contributed by atoms with van der Waals surface area (Å²) in [7, 11) is 0. The fourth-order valence-corrected chi connectivity index (χ4v) is 0. The molecule has 0 atom stereocenters. The van der Waals surface area contributed by atoms with Gasteiger partial charge in [0.2, 0.25) is 0 Å². The third-order valence-electron chi connectivity index (χ3n) is 0. The Hall–Kier alpha value is 1.90. The van der Waals surface area contributed by atoms with Crippen LogP contribution in [0, 0.1) is 0 Å². The fraction of sp³-hybridized carbons (Fsp3) is 0. The molecule has 1 radical (unpaired) electrons. The second-order valence-corrected chi connectivity index (χ2v) is 0. The maximum absolute atomic E-state index is 7.88. The van der Waals surface area contributed by atoms with Gasteiger partial charge in [-0.3, -0.25) is 0 Å². The summed E-state index contributed by atoms with van der Waals surface area (Å²) in [4.78, 5) is 0. The predicted molar refractivity (Wildman–Crippen MR) is 7.84 cm³/mol.